The second-order valence-corrected chi connectivity index (χ2v) is 12.9. The number of allylic oxidation sites excluding steroid dienone is 1. The summed E-state index contributed by atoms with van der Waals surface area (Å²) in [5, 5.41) is 10.2. The summed E-state index contributed by atoms with van der Waals surface area (Å²) in [4.78, 5) is 12.1. The van der Waals surface area contributed by atoms with Crippen molar-refractivity contribution >= 4 is 5.78 Å². The zero-order chi connectivity index (χ0) is 22.6. The second kappa shape index (κ2) is 8.62. The lowest BCUT2D eigenvalue weighted by Gasteiger charge is -2.58. The Morgan fingerprint density at radius 2 is 1.81 bits per heavy atom. The number of carbonyl (C=O) groups excluding carboxylic acids is 1. The third-order valence-electron chi connectivity index (χ3n) is 11.1. The van der Waals surface area contributed by atoms with E-state index in [9.17, 15) is 9.90 Å². The Kier molecular flexibility index (Phi) is 6.54. The van der Waals surface area contributed by atoms with Crippen LogP contribution in [0.25, 0.3) is 0 Å². The van der Waals surface area contributed by atoms with E-state index < -0.39 is 0 Å². The van der Waals surface area contributed by atoms with Gasteiger partial charge in [-0.25, -0.2) is 0 Å². The molecule has 0 heterocycles. The molecule has 0 aromatic carbocycles. The van der Waals surface area contributed by atoms with Crippen LogP contribution in [0, 0.1) is 52.3 Å². The predicted molar refractivity (Wildman–Crippen MR) is 129 cm³/mol. The van der Waals surface area contributed by atoms with E-state index >= 15 is 0 Å². The van der Waals surface area contributed by atoms with Crippen LogP contribution in [-0.4, -0.2) is 17.0 Å². The number of hydrogen-bond donors (Lipinski definition) is 1. The van der Waals surface area contributed by atoms with E-state index in [0.717, 1.165) is 48.9 Å². The van der Waals surface area contributed by atoms with E-state index in [1.807, 2.05) is 0 Å². The van der Waals surface area contributed by atoms with Crippen LogP contribution in [-0.2, 0) is 4.79 Å². The predicted octanol–water partition coefficient (Wildman–Crippen LogP) is 7.20. The first kappa shape index (κ1) is 23.5. The van der Waals surface area contributed by atoms with Crippen molar-refractivity contribution < 1.29 is 9.90 Å². The maximum Gasteiger partial charge on any atom is 0.133 e. The average molecular weight is 429 g/mol. The number of Topliss-reactive ketones (excluding diaryl/α,β-unsaturated/α-hetero) is 1. The van der Waals surface area contributed by atoms with Crippen LogP contribution in [0.15, 0.2) is 11.6 Å². The Labute approximate surface area is 191 Å². The van der Waals surface area contributed by atoms with E-state index in [-0.39, 0.29) is 12.0 Å². The third kappa shape index (κ3) is 3.98. The fourth-order valence-corrected chi connectivity index (χ4v) is 9.27. The van der Waals surface area contributed by atoms with Crippen LogP contribution < -0.4 is 0 Å². The van der Waals surface area contributed by atoms with Crippen molar-refractivity contribution in [2.75, 3.05) is 0 Å². The topological polar surface area (TPSA) is 37.3 Å². The molecule has 3 fully saturated rings. The molecule has 2 heteroatoms. The highest BCUT2D eigenvalue weighted by atomic mass is 16.3. The van der Waals surface area contributed by atoms with Crippen LogP contribution in [0.1, 0.15) is 106 Å². The molecule has 0 saturated heterocycles. The maximum atomic E-state index is 12.1. The van der Waals surface area contributed by atoms with E-state index in [1.54, 1.807) is 12.5 Å². The van der Waals surface area contributed by atoms with Crippen molar-refractivity contribution in [1.82, 2.24) is 0 Å². The second-order valence-electron chi connectivity index (χ2n) is 12.9. The number of carbonyl (C=O) groups is 1. The van der Waals surface area contributed by atoms with Gasteiger partial charge in [-0.05, 0) is 117 Å². The van der Waals surface area contributed by atoms with Gasteiger partial charge in [0.2, 0.25) is 0 Å². The van der Waals surface area contributed by atoms with Gasteiger partial charge in [0.1, 0.15) is 5.78 Å². The molecule has 9 atom stereocenters. The summed E-state index contributed by atoms with van der Waals surface area (Å²) in [7, 11) is 0. The van der Waals surface area contributed by atoms with Crippen LogP contribution in [0.5, 0.6) is 0 Å². The minimum Gasteiger partial charge on any atom is -0.393 e. The van der Waals surface area contributed by atoms with E-state index in [4.69, 9.17) is 0 Å². The van der Waals surface area contributed by atoms with Gasteiger partial charge < -0.3 is 5.11 Å². The molecule has 0 spiro atoms. The quantitative estimate of drug-likeness (QED) is 0.454. The lowest BCUT2D eigenvalue weighted by atomic mass is 9.47. The number of ketones is 1. The molecule has 1 N–H and O–H groups in total. The summed E-state index contributed by atoms with van der Waals surface area (Å²) in [6, 6.07) is 0. The van der Waals surface area contributed by atoms with E-state index in [2.05, 4.69) is 40.7 Å². The molecule has 0 bridgehead atoms. The van der Waals surface area contributed by atoms with Gasteiger partial charge in [0.15, 0.2) is 0 Å². The van der Waals surface area contributed by atoms with Crippen LogP contribution >= 0.6 is 0 Å². The SMILES string of the molecule is CC(=O)C(CCC(C)C1CCC2C3CC=C4CC(O)CCC4(C)C3CCC12C)C(C)C. The molecule has 0 amide bonds. The number of rotatable bonds is 6. The first-order valence-electron chi connectivity index (χ1n) is 13.5. The molecule has 4 aliphatic carbocycles. The minimum atomic E-state index is -0.105. The standard InChI is InChI=1S/C29H48O2/c1-18(2)23(20(4)30)9-7-19(3)25-11-12-26-24-10-8-21-17-22(31)13-15-28(21,5)27(24)14-16-29(25,26)6/h8,18-19,22-27,31H,7,9-17H2,1-6H3. The zero-order valence-corrected chi connectivity index (χ0v) is 21.1. The van der Waals surface area contributed by atoms with Crippen LogP contribution in [0.3, 0.4) is 0 Å². The van der Waals surface area contributed by atoms with E-state index in [1.165, 1.54) is 44.9 Å². The molecule has 4 aliphatic rings. The van der Waals surface area contributed by atoms with Gasteiger partial charge >= 0.3 is 0 Å². The number of aliphatic hydroxyl groups excluding tert-OH is 1. The minimum absolute atomic E-state index is 0.105. The van der Waals surface area contributed by atoms with Gasteiger partial charge in [-0.3, -0.25) is 4.79 Å². The molecule has 31 heavy (non-hydrogen) atoms. The van der Waals surface area contributed by atoms with Crippen molar-refractivity contribution in [3.63, 3.8) is 0 Å². The van der Waals surface area contributed by atoms with Crippen molar-refractivity contribution in [1.29, 1.82) is 0 Å². The normalized spacial score (nSPS) is 44.1. The number of aliphatic hydroxyl groups is 1. The highest BCUT2D eigenvalue weighted by Gasteiger charge is 2.59. The summed E-state index contributed by atoms with van der Waals surface area (Å²) in [6.45, 7) is 13.9. The molecule has 0 aliphatic heterocycles. The van der Waals surface area contributed by atoms with E-state index in [0.29, 0.717) is 22.5 Å². The molecular weight excluding hydrogens is 380 g/mol. The summed E-state index contributed by atoms with van der Waals surface area (Å²) in [5.74, 6) is 5.18. The maximum absolute atomic E-state index is 12.1. The molecule has 176 valence electrons. The summed E-state index contributed by atoms with van der Waals surface area (Å²) < 4.78 is 0. The monoisotopic (exact) mass is 428 g/mol. The summed E-state index contributed by atoms with van der Waals surface area (Å²) in [6.07, 6.45) is 14.7. The third-order valence-corrected chi connectivity index (χ3v) is 11.1. The lowest BCUT2D eigenvalue weighted by Crippen LogP contribution is -2.50. The Morgan fingerprint density at radius 3 is 2.48 bits per heavy atom. The van der Waals surface area contributed by atoms with Crippen molar-refractivity contribution in [3.05, 3.63) is 11.6 Å². The Hall–Kier alpha value is -0.630. The first-order chi connectivity index (χ1) is 14.6. The largest absolute Gasteiger partial charge is 0.393 e. The van der Waals surface area contributed by atoms with Gasteiger partial charge in [0.25, 0.3) is 0 Å². The summed E-state index contributed by atoms with van der Waals surface area (Å²) in [5.41, 5.74) is 2.42. The number of hydrogen-bond acceptors (Lipinski definition) is 2. The fraction of sp³-hybridized carbons (Fsp3) is 0.897. The summed E-state index contributed by atoms with van der Waals surface area (Å²) >= 11 is 0. The highest BCUT2D eigenvalue weighted by Crippen LogP contribution is 2.67. The molecule has 0 radical (unpaired) electrons. The van der Waals surface area contributed by atoms with Gasteiger partial charge in [0.05, 0.1) is 6.10 Å². The Morgan fingerprint density at radius 1 is 1.06 bits per heavy atom. The molecular formula is C29H48O2. The van der Waals surface area contributed by atoms with Crippen molar-refractivity contribution in [3.8, 4) is 0 Å². The first-order valence-corrected chi connectivity index (χ1v) is 13.5. The lowest BCUT2D eigenvalue weighted by molar-refractivity contribution is -0.122. The molecule has 0 aromatic heterocycles. The van der Waals surface area contributed by atoms with Gasteiger partial charge in [0, 0.05) is 5.92 Å². The van der Waals surface area contributed by atoms with Crippen LogP contribution in [0.2, 0.25) is 0 Å². The van der Waals surface area contributed by atoms with Crippen LogP contribution in [0.4, 0.5) is 0 Å². The molecule has 2 nitrogen and oxygen atoms in total. The fourth-order valence-electron chi connectivity index (χ4n) is 9.27. The molecule has 3 saturated carbocycles. The Balaban J connectivity index is 1.47. The van der Waals surface area contributed by atoms with Crippen molar-refractivity contribution in [2.45, 2.75) is 112 Å². The van der Waals surface area contributed by atoms with Gasteiger partial charge in [-0.2, -0.15) is 0 Å². The molecule has 9 unspecified atom stereocenters. The van der Waals surface area contributed by atoms with Gasteiger partial charge in [-0.1, -0.05) is 46.3 Å². The van der Waals surface area contributed by atoms with Crippen molar-refractivity contribution in [2.24, 2.45) is 52.3 Å². The zero-order valence-electron chi connectivity index (χ0n) is 21.1. The smallest absolute Gasteiger partial charge is 0.133 e. The molecule has 4 rings (SSSR count). The average Bonchev–Trinajstić information content (AvgIpc) is 3.05. The molecule has 0 aromatic rings. The number of fused-ring (bicyclic) bond motifs is 5. The van der Waals surface area contributed by atoms with Gasteiger partial charge in [-0.15, -0.1) is 0 Å². The Bertz CT molecular complexity index is 708. The highest BCUT2D eigenvalue weighted by molar-refractivity contribution is 5.78.